The van der Waals surface area contributed by atoms with Gasteiger partial charge in [0, 0.05) is 24.2 Å². The summed E-state index contributed by atoms with van der Waals surface area (Å²) >= 11 is 0. The second-order valence-corrected chi connectivity index (χ2v) is 7.40. The first-order valence-electron chi connectivity index (χ1n) is 10.0. The fraction of sp³-hybridized carbons (Fsp3) is 0.435. The SMILES string of the molecule is COc1cc(C(=O)N2CCCCC2C(C)N)cc(OC)c1OCc1ccccc1.Cl. The Bertz CT molecular complexity index is 804. The highest BCUT2D eigenvalue weighted by Gasteiger charge is 2.31. The number of hydrogen-bond donors (Lipinski definition) is 1. The van der Waals surface area contributed by atoms with Gasteiger partial charge in [0.1, 0.15) is 6.61 Å². The molecule has 1 saturated heterocycles. The van der Waals surface area contributed by atoms with Crippen LogP contribution in [0.15, 0.2) is 42.5 Å². The maximum absolute atomic E-state index is 13.3. The normalized spacial score (nSPS) is 16.9. The minimum absolute atomic E-state index is 0. The summed E-state index contributed by atoms with van der Waals surface area (Å²) in [6.07, 6.45) is 3.01. The smallest absolute Gasteiger partial charge is 0.254 e. The molecule has 164 valence electrons. The molecular weight excluding hydrogens is 404 g/mol. The highest BCUT2D eigenvalue weighted by Crippen LogP contribution is 2.39. The molecule has 30 heavy (non-hydrogen) atoms. The van der Waals surface area contributed by atoms with Crippen LogP contribution in [-0.2, 0) is 6.61 Å². The van der Waals surface area contributed by atoms with Gasteiger partial charge in [0.05, 0.1) is 14.2 Å². The Hall–Kier alpha value is -2.44. The molecular formula is C23H31ClN2O4. The van der Waals surface area contributed by atoms with Crippen molar-refractivity contribution in [2.24, 2.45) is 5.73 Å². The monoisotopic (exact) mass is 434 g/mol. The number of amides is 1. The molecule has 2 aromatic rings. The summed E-state index contributed by atoms with van der Waals surface area (Å²) < 4.78 is 17.0. The highest BCUT2D eigenvalue weighted by atomic mass is 35.5. The van der Waals surface area contributed by atoms with Crippen LogP contribution in [0.2, 0.25) is 0 Å². The third-order valence-electron chi connectivity index (χ3n) is 5.35. The average molecular weight is 435 g/mol. The zero-order valence-corrected chi connectivity index (χ0v) is 18.6. The van der Waals surface area contributed by atoms with Crippen LogP contribution in [-0.4, -0.2) is 43.7 Å². The largest absolute Gasteiger partial charge is 0.493 e. The second kappa shape index (κ2) is 11.1. The predicted molar refractivity (Wildman–Crippen MR) is 120 cm³/mol. The quantitative estimate of drug-likeness (QED) is 0.711. The maximum atomic E-state index is 13.3. The van der Waals surface area contributed by atoms with E-state index in [1.165, 1.54) is 0 Å². The lowest BCUT2D eigenvalue weighted by Crippen LogP contribution is -2.51. The molecule has 2 N–H and O–H groups in total. The molecule has 1 aliphatic heterocycles. The van der Waals surface area contributed by atoms with E-state index in [0.717, 1.165) is 24.8 Å². The Labute approximate surface area is 184 Å². The van der Waals surface area contributed by atoms with Crippen LogP contribution >= 0.6 is 12.4 Å². The number of piperidine rings is 1. The lowest BCUT2D eigenvalue weighted by molar-refractivity contribution is 0.0583. The Morgan fingerprint density at radius 3 is 2.33 bits per heavy atom. The van der Waals surface area contributed by atoms with Crippen molar-refractivity contribution in [3.8, 4) is 17.2 Å². The molecule has 0 aliphatic carbocycles. The fourth-order valence-corrected chi connectivity index (χ4v) is 3.80. The van der Waals surface area contributed by atoms with Crippen molar-refractivity contribution < 1.29 is 19.0 Å². The summed E-state index contributed by atoms with van der Waals surface area (Å²) in [5.41, 5.74) is 7.69. The Morgan fingerprint density at radius 1 is 1.13 bits per heavy atom. The molecule has 2 atom stereocenters. The maximum Gasteiger partial charge on any atom is 0.254 e. The lowest BCUT2D eigenvalue weighted by Gasteiger charge is -2.38. The molecule has 2 aromatic carbocycles. The topological polar surface area (TPSA) is 74.0 Å². The molecule has 1 aliphatic rings. The first-order chi connectivity index (χ1) is 14.0. The molecule has 0 bridgehead atoms. The Kier molecular flexibility index (Phi) is 8.81. The number of carbonyl (C=O) groups excluding carboxylic acids is 1. The van der Waals surface area contributed by atoms with Gasteiger partial charge in [0.15, 0.2) is 11.5 Å². The minimum atomic E-state index is -0.0727. The Morgan fingerprint density at radius 2 is 1.77 bits per heavy atom. The average Bonchev–Trinajstić information content (AvgIpc) is 2.77. The first kappa shape index (κ1) is 23.8. The van der Waals surface area contributed by atoms with Crippen molar-refractivity contribution in [3.63, 3.8) is 0 Å². The molecule has 0 saturated carbocycles. The van der Waals surface area contributed by atoms with Gasteiger partial charge >= 0.3 is 0 Å². The van der Waals surface area contributed by atoms with Crippen molar-refractivity contribution in [2.45, 2.75) is 44.9 Å². The van der Waals surface area contributed by atoms with Crippen LogP contribution in [0.5, 0.6) is 17.2 Å². The van der Waals surface area contributed by atoms with E-state index in [-0.39, 0.29) is 30.4 Å². The number of methoxy groups -OCH3 is 2. The molecule has 0 radical (unpaired) electrons. The van der Waals surface area contributed by atoms with Crippen LogP contribution < -0.4 is 19.9 Å². The molecule has 0 aromatic heterocycles. The molecule has 1 amide bonds. The van der Waals surface area contributed by atoms with Crippen LogP contribution in [0.1, 0.15) is 42.1 Å². The van der Waals surface area contributed by atoms with E-state index in [4.69, 9.17) is 19.9 Å². The number of carbonyl (C=O) groups is 1. The highest BCUT2D eigenvalue weighted by molar-refractivity contribution is 5.96. The van der Waals surface area contributed by atoms with Gasteiger partial charge in [-0.3, -0.25) is 4.79 Å². The van der Waals surface area contributed by atoms with E-state index >= 15 is 0 Å². The zero-order chi connectivity index (χ0) is 20.8. The number of likely N-dealkylation sites (tertiary alicyclic amines) is 1. The number of nitrogens with zero attached hydrogens (tertiary/aromatic N) is 1. The van der Waals surface area contributed by atoms with E-state index in [2.05, 4.69) is 0 Å². The molecule has 3 rings (SSSR count). The molecule has 7 heteroatoms. The summed E-state index contributed by atoms with van der Waals surface area (Å²) in [5.74, 6) is 1.37. The summed E-state index contributed by atoms with van der Waals surface area (Å²) in [4.78, 5) is 15.1. The Balaban J connectivity index is 0.00000320. The van der Waals surface area contributed by atoms with Crippen LogP contribution in [0, 0.1) is 0 Å². The predicted octanol–water partition coefficient (Wildman–Crippen LogP) is 4.05. The minimum Gasteiger partial charge on any atom is -0.493 e. The fourth-order valence-electron chi connectivity index (χ4n) is 3.80. The van der Waals surface area contributed by atoms with Crippen LogP contribution in [0.3, 0.4) is 0 Å². The third-order valence-corrected chi connectivity index (χ3v) is 5.35. The van der Waals surface area contributed by atoms with Crippen molar-refractivity contribution in [1.29, 1.82) is 0 Å². The van der Waals surface area contributed by atoms with E-state index in [0.29, 0.717) is 36.0 Å². The molecule has 1 fully saturated rings. The molecule has 2 unspecified atom stereocenters. The summed E-state index contributed by atoms with van der Waals surface area (Å²) in [6.45, 7) is 3.04. The zero-order valence-electron chi connectivity index (χ0n) is 17.8. The lowest BCUT2D eigenvalue weighted by atomic mass is 9.96. The molecule has 1 heterocycles. The van der Waals surface area contributed by atoms with Crippen LogP contribution in [0.25, 0.3) is 0 Å². The number of halogens is 1. The van der Waals surface area contributed by atoms with Crippen molar-refractivity contribution in [3.05, 3.63) is 53.6 Å². The number of hydrogen-bond acceptors (Lipinski definition) is 5. The van der Waals surface area contributed by atoms with Gasteiger partial charge in [-0.2, -0.15) is 0 Å². The molecule has 0 spiro atoms. The van der Waals surface area contributed by atoms with Gasteiger partial charge in [-0.25, -0.2) is 0 Å². The number of benzene rings is 2. The summed E-state index contributed by atoms with van der Waals surface area (Å²) in [6, 6.07) is 13.3. The van der Waals surface area contributed by atoms with E-state index < -0.39 is 0 Å². The van der Waals surface area contributed by atoms with Gasteiger partial charge in [-0.15, -0.1) is 12.4 Å². The molecule has 6 nitrogen and oxygen atoms in total. The van der Waals surface area contributed by atoms with E-state index in [1.807, 2.05) is 42.2 Å². The number of rotatable bonds is 7. The first-order valence-corrected chi connectivity index (χ1v) is 10.0. The van der Waals surface area contributed by atoms with Crippen molar-refractivity contribution in [1.82, 2.24) is 4.90 Å². The van der Waals surface area contributed by atoms with Crippen molar-refractivity contribution >= 4 is 18.3 Å². The third kappa shape index (κ3) is 5.37. The van der Waals surface area contributed by atoms with Crippen LogP contribution in [0.4, 0.5) is 0 Å². The van der Waals surface area contributed by atoms with Gasteiger partial charge < -0.3 is 24.8 Å². The van der Waals surface area contributed by atoms with Gasteiger partial charge in [0.2, 0.25) is 5.75 Å². The summed E-state index contributed by atoms with van der Waals surface area (Å²) in [7, 11) is 3.12. The van der Waals surface area contributed by atoms with Gasteiger partial charge in [0.25, 0.3) is 5.91 Å². The number of ether oxygens (including phenoxy) is 3. The van der Waals surface area contributed by atoms with E-state index in [1.54, 1.807) is 26.4 Å². The summed E-state index contributed by atoms with van der Waals surface area (Å²) in [5, 5.41) is 0. The van der Waals surface area contributed by atoms with Crippen molar-refractivity contribution in [2.75, 3.05) is 20.8 Å². The second-order valence-electron chi connectivity index (χ2n) is 7.40. The van der Waals surface area contributed by atoms with E-state index in [9.17, 15) is 4.79 Å². The standard InChI is InChI=1S/C23H30N2O4.ClH/c1-16(24)19-11-7-8-12-25(19)23(26)18-13-20(27-2)22(21(14-18)28-3)29-15-17-9-5-4-6-10-17;/h4-6,9-10,13-14,16,19H,7-8,11-12,15,24H2,1-3H3;1H. The van der Waals surface area contributed by atoms with Gasteiger partial charge in [-0.05, 0) is 43.9 Å². The van der Waals surface area contributed by atoms with Gasteiger partial charge in [-0.1, -0.05) is 30.3 Å². The number of nitrogens with two attached hydrogens (primary N) is 1.